The van der Waals surface area contributed by atoms with Crippen molar-refractivity contribution in [1.29, 1.82) is 0 Å². The van der Waals surface area contributed by atoms with Crippen LogP contribution in [0.15, 0.2) is 24.3 Å². The summed E-state index contributed by atoms with van der Waals surface area (Å²) in [5.74, 6) is -0.912. The van der Waals surface area contributed by atoms with E-state index in [1.807, 2.05) is 0 Å². The Morgan fingerprint density at radius 2 is 1.83 bits per heavy atom. The lowest BCUT2D eigenvalue weighted by Gasteiger charge is -2.23. The van der Waals surface area contributed by atoms with Crippen molar-refractivity contribution in [3.63, 3.8) is 0 Å². The second-order valence-electron chi connectivity index (χ2n) is 4.51. The number of aliphatic hydroxyl groups excluding tert-OH is 1. The largest absolute Gasteiger partial charge is 0.511 e. The third-order valence-corrected chi connectivity index (χ3v) is 4.08. The molecule has 1 aromatic carbocycles. The fourth-order valence-corrected chi connectivity index (χ4v) is 2.46. The summed E-state index contributed by atoms with van der Waals surface area (Å²) in [6, 6.07) is 3.21. The third kappa shape index (κ3) is 4.82. The maximum absolute atomic E-state index is 12.6. The molecule has 0 aliphatic heterocycles. The second kappa shape index (κ2) is 7.81. The van der Waals surface area contributed by atoms with Gasteiger partial charge in [0.05, 0.1) is 19.8 Å². The monoisotopic (exact) mass is 371 g/mol. The van der Waals surface area contributed by atoms with Gasteiger partial charge in [0, 0.05) is 0 Å². The van der Waals surface area contributed by atoms with Crippen LogP contribution in [0.4, 0.5) is 13.2 Å². The van der Waals surface area contributed by atoms with E-state index in [-0.39, 0.29) is 12.2 Å². The molecular formula is C13H16F3NO6S. The van der Waals surface area contributed by atoms with Gasteiger partial charge in [-0.1, -0.05) is 12.1 Å². The van der Waals surface area contributed by atoms with Gasteiger partial charge in [0.25, 0.3) is 0 Å². The van der Waals surface area contributed by atoms with E-state index in [2.05, 4.69) is 4.74 Å². The number of methoxy groups -OCH3 is 1. The van der Waals surface area contributed by atoms with Crippen LogP contribution in [-0.2, 0) is 19.6 Å². The van der Waals surface area contributed by atoms with Crippen LogP contribution in [0.1, 0.15) is 18.5 Å². The highest BCUT2D eigenvalue weighted by molar-refractivity contribution is 7.90. The number of carbonyl (C=O) groups excluding carboxylic acids is 1. The molecular weight excluding hydrogens is 355 g/mol. The van der Waals surface area contributed by atoms with Crippen molar-refractivity contribution in [2.24, 2.45) is 0 Å². The Balaban J connectivity index is 3.23. The van der Waals surface area contributed by atoms with Crippen LogP contribution >= 0.6 is 0 Å². The van der Waals surface area contributed by atoms with Crippen LogP contribution in [0.25, 0.3) is 0 Å². The topological polar surface area (TPSA) is 102 Å². The van der Waals surface area contributed by atoms with Gasteiger partial charge in [0.1, 0.15) is 5.75 Å². The number of alkyl halides is 3. The quantitative estimate of drug-likeness (QED) is 0.696. The molecule has 0 fully saturated rings. The van der Waals surface area contributed by atoms with Gasteiger partial charge >= 0.3 is 21.5 Å². The van der Waals surface area contributed by atoms with Crippen LogP contribution in [-0.4, -0.2) is 44.8 Å². The van der Waals surface area contributed by atoms with Crippen LogP contribution in [0.2, 0.25) is 0 Å². The molecule has 0 aromatic heterocycles. The molecule has 0 amide bonds. The zero-order chi connectivity index (χ0) is 18.5. The summed E-state index contributed by atoms with van der Waals surface area (Å²) in [6.07, 6.45) is -2.17. The van der Waals surface area contributed by atoms with Crippen molar-refractivity contribution in [3.05, 3.63) is 29.8 Å². The zero-order valence-corrected chi connectivity index (χ0v) is 13.5. The van der Waals surface area contributed by atoms with E-state index in [1.54, 1.807) is 0 Å². The number of rotatable bonds is 7. The minimum atomic E-state index is -5.80. The SMILES string of the molecule is CCOC(=O)[C@@H](O)[C@H](NS(=O)(=O)C(F)(F)F)c1ccc(OC)cc1. The van der Waals surface area contributed by atoms with Crippen molar-refractivity contribution in [1.82, 2.24) is 4.72 Å². The summed E-state index contributed by atoms with van der Waals surface area (Å²) in [4.78, 5) is 11.6. The standard InChI is InChI=1S/C13H16F3NO6S/c1-3-23-12(19)11(18)10(17-24(20,21)13(14,15)16)8-4-6-9(22-2)7-5-8/h4-7,10-11,17-18H,3H2,1-2H3/t10-,11+/m1/s1. The van der Waals surface area contributed by atoms with Gasteiger partial charge in [-0.3, -0.25) is 0 Å². The molecule has 0 aliphatic rings. The Bertz CT molecular complexity index is 659. The minimum Gasteiger partial charge on any atom is -0.497 e. The number of halogens is 3. The summed E-state index contributed by atoms with van der Waals surface area (Å²) in [7, 11) is -4.45. The molecule has 11 heteroatoms. The first-order chi connectivity index (χ1) is 11.0. The van der Waals surface area contributed by atoms with E-state index in [1.165, 1.54) is 43.0 Å². The average molecular weight is 371 g/mol. The Hall–Kier alpha value is -1.85. The van der Waals surface area contributed by atoms with Crippen LogP contribution in [0, 0.1) is 0 Å². The lowest BCUT2D eigenvalue weighted by molar-refractivity contribution is -0.154. The predicted molar refractivity (Wildman–Crippen MR) is 76.5 cm³/mol. The first-order valence-electron chi connectivity index (χ1n) is 6.60. The highest BCUT2D eigenvalue weighted by Gasteiger charge is 2.48. The van der Waals surface area contributed by atoms with E-state index < -0.39 is 33.6 Å². The maximum Gasteiger partial charge on any atom is 0.511 e. The number of benzene rings is 1. The third-order valence-electron chi connectivity index (χ3n) is 2.91. The van der Waals surface area contributed by atoms with E-state index in [0.29, 0.717) is 5.75 Å². The van der Waals surface area contributed by atoms with E-state index in [4.69, 9.17) is 4.74 Å². The molecule has 24 heavy (non-hydrogen) atoms. The molecule has 136 valence electrons. The molecule has 0 spiro atoms. The van der Waals surface area contributed by atoms with Crippen molar-refractivity contribution < 1.29 is 41.0 Å². The van der Waals surface area contributed by atoms with Gasteiger partial charge in [-0.15, -0.1) is 0 Å². The molecule has 0 aliphatic carbocycles. The van der Waals surface area contributed by atoms with Gasteiger partial charge in [-0.05, 0) is 24.6 Å². The van der Waals surface area contributed by atoms with Crippen molar-refractivity contribution >= 4 is 16.0 Å². The molecule has 0 saturated carbocycles. The van der Waals surface area contributed by atoms with Gasteiger partial charge in [0.15, 0.2) is 6.10 Å². The molecule has 0 radical (unpaired) electrons. The number of esters is 1. The molecule has 0 unspecified atom stereocenters. The summed E-state index contributed by atoms with van der Waals surface area (Å²) in [5.41, 5.74) is -5.68. The number of aliphatic hydroxyl groups is 1. The van der Waals surface area contributed by atoms with Crippen LogP contribution in [0.3, 0.4) is 0 Å². The number of sulfonamides is 1. The molecule has 1 aromatic rings. The Labute approximate surface area is 136 Å². The molecule has 0 saturated heterocycles. The average Bonchev–Trinajstić information content (AvgIpc) is 2.51. The van der Waals surface area contributed by atoms with Crippen molar-refractivity contribution in [2.75, 3.05) is 13.7 Å². The van der Waals surface area contributed by atoms with Crippen molar-refractivity contribution in [2.45, 2.75) is 24.6 Å². The summed E-state index contributed by atoms with van der Waals surface area (Å²) in [6.45, 7) is 1.28. The van der Waals surface area contributed by atoms with E-state index in [0.717, 1.165) is 0 Å². The molecule has 7 nitrogen and oxygen atoms in total. The van der Waals surface area contributed by atoms with Gasteiger partial charge in [0.2, 0.25) is 0 Å². The fourth-order valence-electron chi connectivity index (χ4n) is 1.72. The van der Waals surface area contributed by atoms with Gasteiger partial charge in [-0.25, -0.2) is 13.2 Å². The molecule has 0 heterocycles. The van der Waals surface area contributed by atoms with Gasteiger partial charge in [-0.2, -0.15) is 17.9 Å². The number of nitrogens with one attached hydrogen (secondary N) is 1. The Morgan fingerprint density at radius 3 is 2.25 bits per heavy atom. The predicted octanol–water partition coefficient (Wildman–Crippen LogP) is 1.10. The maximum atomic E-state index is 12.6. The molecule has 1 rings (SSSR count). The summed E-state index contributed by atoms with van der Waals surface area (Å²) in [5, 5.41) is 9.92. The number of hydrogen-bond donors (Lipinski definition) is 2. The smallest absolute Gasteiger partial charge is 0.497 e. The number of carbonyl (C=O) groups is 1. The lowest BCUT2D eigenvalue weighted by Crippen LogP contribution is -2.45. The Morgan fingerprint density at radius 1 is 1.29 bits per heavy atom. The van der Waals surface area contributed by atoms with Crippen LogP contribution < -0.4 is 9.46 Å². The zero-order valence-electron chi connectivity index (χ0n) is 12.7. The molecule has 2 atom stereocenters. The molecule has 0 bridgehead atoms. The van der Waals surface area contributed by atoms with Crippen molar-refractivity contribution in [3.8, 4) is 5.75 Å². The molecule has 2 N–H and O–H groups in total. The highest BCUT2D eigenvalue weighted by Crippen LogP contribution is 2.28. The van der Waals surface area contributed by atoms with Crippen LogP contribution in [0.5, 0.6) is 5.75 Å². The number of hydrogen-bond acceptors (Lipinski definition) is 6. The first-order valence-corrected chi connectivity index (χ1v) is 8.09. The van der Waals surface area contributed by atoms with Gasteiger partial charge < -0.3 is 14.6 Å². The highest BCUT2D eigenvalue weighted by atomic mass is 32.2. The van der Waals surface area contributed by atoms with E-state index in [9.17, 15) is 31.5 Å². The van der Waals surface area contributed by atoms with E-state index >= 15 is 0 Å². The fraction of sp³-hybridized carbons (Fsp3) is 0.462. The summed E-state index contributed by atoms with van der Waals surface area (Å²) < 4.78 is 71.0. The summed E-state index contributed by atoms with van der Waals surface area (Å²) >= 11 is 0. The minimum absolute atomic E-state index is 0.0795. The lowest BCUT2D eigenvalue weighted by atomic mass is 10.0. The number of ether oxygens (including phenoxy) is 2. The first kappa shape index (κ1) is 20.2. The Kier molecular flexibility index (Phi) is 6.58. The second-order valence-corrected chi connectivity index (χ2v) is 6.22. The normalized spacial score (nSPS) is 14.8.